The molecule has 7 heteroatoms. The second-order valence-electron chi connectivity index (χ2n) is 4.33. The third kappa shape index (κ3) is 2.78. The summed E-state index contributed by atoms with van der Waals surface area (Å²) in [6.45, 7) is 0. The van der Waals surface area contributed by atoms with E-state index in [1.54, 1.807) is 43.6 Å². The summed E-state index contributed by atoms with van der Waals surface area (Å²) in [4.78, 5) is 8.60. The maximum atomic E-state index is 12.0. The minimum absolute atomic E-state index is 0.258. The average molecular weight is 292 g/mol. The number of benzene rings is 1. The molecule has 0 spiro atoms. The largest absolute Gasteiger partial charge is 0.357 e. The Morgan fingerprint density at radius 1 is 1.10 bits per heavy atom. The summed E-state index contributed by atoms with van der Waals surface area (Å²) in [6.07, 6.45) is 1.65. The summed E-state index contributed by atoms with van der Waals surface area (Å²) in [6, 6.07) is 8.39. The summed E-state index contributed by atoms with van der Waals surface area (Å²) in [5, 5.41) is 2.86. The lowest BCUT2D eigenvalue weighted by atomic mass is 10.1. The molecular weight excluding hydrogens is 276 g/mol. The van der Waals surface area contributed by atoms with Gasteiger partial charge >= 0.3 is 0 Å². The van der Waals surface area contributed by atoms with Crippen LogP contribution in [0.3, 0.4) is 0 Å². The molecular formula is C13H16N4O2S. The number of hydrogen-bond acceptors (Lipinski definition) is 5. The van der Waals surface area contributed by atoms with Crippen LogP contribution in [0.25, 0.3) is 11.3 Å². The summed E-state index contributed by atoms with van der Waals surface area (Å²) < 4.78 is 25.1. The molecule has 0 saturated heterocycles. The fraction of sp³-hybridized carbons (Fsp3) is 0.231. The van der Waals surface area contributed by atoms with Gasteiger partial charge in [0.05, 0.1) is 10.6 Å². The molecule has 0 unspecified atom stereocenters. The maximum absolute atomic E-state index is 12.0. The molecule has 0 amide bonds. The van der Waals surface area contributed by atoms with Crippen molar-refractivity contribution in [1.29, 1.82) is 0 Å². The quantitative estimate of drug-likeness (QED) is 0.922. The van der Waals surface area contributed by atoms with Gasteiger partial charge in [0.25, 0.3) is 0 Å². The second-order valence-corrected chi connectivity index (χ2v) is 6.48. The zero-order chi connectivity index (χ0) is 14.8. The van der Waals surface area contributed by atoms with Crippen LogP contribution < -0.4 is 5.32 Å². The minimum atomic E-state index is -3.40. The number of nitrogens with zero attached hydrogens (tertiary/aromatic N) is 3. The van der Waals surface area contributed by atoms with Gasteiger partial charge in [-0.2, -0.15) is 0 Å². The van der Waals surface area contributed by atoms with Crippen LogP contribution in [0.4, 0.5) is 5.95 Å². The molecule has 1 N–H and O–H groups in total. The molecule has 0 saturated carbocycles. The molecule has 6 nitrogen and oxygen atoms in total. The van der Waals surface area contributed by atoms with E-state index in [1.807, 2.05) is 0 Å². The fourth-order valence-corrected chi connectivity index (χ4v) is 2.55. The second kappa shape index (κ2) is 5.56. The summed E-state index contributed by atoms with van der Waals surface area (Å²) in [5.74, 6) is 0.521. The maximum Gasteiger partial charge on any atom is 0.242 e. The topological polar surface area (TPSA) is 75.2 Å². The van der Waals surface area contributed by atoms with Crippen LogP contribution in [0.5, 0.6) is 0 Å². The van der Waals surface area contributed by atoms with Crippen molar-refractivity contribution in [1.82, 2.24) is 14.3 Å². The zero-order valence-corrected chi connectivity index (χ0v) is 12.3. The molecule has 1 aromatic heterocycles. The normalized spacial score (nSPS) is 11.6. The molecule has 2 aromatic rings. The molecule has 1 heterocycles. The predicted octanol–water partition coefficient (Wildman–Crippen LogP) is 1.44. The highest BCUT2D eigenvalue weighted by Crippen LogP contribution is 2.21. The Labute approximate surface area is 118 Å². The van der Waals surface area contributed by atoms with Crippen LogP contribution >= 0.6 is 0 Å². The molecule has 0 radical (unpaired) electrons. The van der Waals surface area contributed by atoms with Crippen molar-refractivity contribution in [2.75, 3.05) is 26.5 Å². The van der Waals surface area contributed by atoms with Crippen molar-refractivity contribution >= 4 is 16.0 Å². The Kier molecular flexibility index (Phi) is 4.01. The lowest BCUT2D eigenvalue weighted by Crippen LogP contribution is -2.22. The Bertz CT molecular complexity index is 697. The summed E-state index contributed by atoms with van der Waals surface area (Å²) in [5.41, 5.74) is 1.57. The molecule has 0 aliphatic rings. The van der Waals surface area contributed by atoms with E-state index in [4.69, 9.17) is 0 Å². The molecule has 20 heavy (non-hydrogen) atoms. The van der Waals surface area contributed by atoms with Gasteiger partial charge in [0.15, 0.2) is 0 Å². The number of nitrogens with one attached hydrogen (secondary N) is 1. The molecule has 0 aliphatic heterocycles. The fourth-order valence-electron chi connectivity index (χ4n) is 1.65. The Morgan fingerprint density at radius 3 is 2.30 bits per heavy atom. The lowest BCUT2D eigenvalue weighted by molar-refractivity contribution is 0.521. The van der Waals surface area contributed by atoms with Crippen LogP contribution in [0, 0.1) is 0 Å². The third-order valence-corrected chi connectivity index (χ3v) is 4.64. The number of aromatic nitrogens is 2. The highest BCUT2D eigenvalue weighted by Gasteiger charge is 2.16. The van der Waals surface area contributed by atoms with Gasteiger partial charge in [0, 0.05) is 32.9 Å². The average Bonchev–Trinajstić information content (AvgIpc) is 2.47. The van der Waals surface area contributed by atoms with Crippen LogP contribution in [-0.2, 0) is 10.0 Å². The van der Waals surface area contributed by atoms with Gasteiger partial charge in [0.1, 0.15) is 0 Å². The van der Waals surface area contributed by atoms with Crippen LogP contribution in [-0.4, -0.2) is 43.8 Å². The van der Waals surface area contributed by atoms with Gasteiger partial charge in [-0.05, 0) is 18.2 Å². The van der Waals surface area contributed by atoms with Crippen LogP contribution in [0.1, 0.15) is 0 Å². The summed E-state index contributed by atoms with van der Waals surface area (Å²) in [7, 11) is 1.36. The van der Waals surface area contributed by atoms with Crippen molar-refractivity contribution < 1.29 is 8.42 Å². The van der Waals surface area contributed by atoms with Crippen molar-refractivity contribution in [3.05, 3.63) is 36.5 Å². The van der Waals surface area contributed by atoms with E-state index in [0.29, 0.717) is 5.95 Å². The highest BCUT2D eigenvalue weighted by molar-refractivity contribution is 7.89. The number of sulfonamides is 1. The summed E-state index contributed by atoms with van der Waals surface area (Å²) >= 11 is 0. The van der Waals surface area contributed by atoms with Gasteiger partial charge in [-0.1, -0.05) is 12.1 Å². The minimum Gasteiger partial charge on any atom is -0.357 e. The first-order valence-corrected chi connectivity index (χ1v) is 7.43. The lowest BCUT2D eigenvalue weighted by Gasteiger charge is -2.11. The van der Waals surface area contributed by atoms with E-state index in [-0.39, 0.29) is 4.90 Å². The van der Waals surface area contributed by atoms with Gasteiger partial charge in [-0.15, -0.1) is 0 Å². The Balaban J connectivity index is 2.37. The van der Waals surface area contributed by atoms with Crippen LogP contribution in [0.15, 0.2) is 41.4 Å². The molecule has 0 bridgehead atoms. The number of anilines is 1. The van der Waals surface area contributed by atoms with Gasteiger partial charge < -0.3 is 5.32 Å². The standard InChI is InChI=1S/C13H16N4O2S/c1-14-13-15-9-8-12(16-13)10-4-6-11(7-5-10)20(18,19)17(2)3/h4-9H,1-3H3,(H,14,15,16). The predicted molar refractivity (Wildman–Crippen MR) is 77.9 cm³/mol. The molecule has 0 fully saturated rings. The SMILES string of the molecule is CNc1nccc(-c2ccc(S(=O)(=O)N(C)C)cc2)n1. The third-order valence-electron chi connectivity index (χ3n) is 2.81. The molecule has 0 atom stereocenters. The van der Waals surface area contributed by atoms with Gasteiger partial charge in [-0.25, -0.2) is 22.7 Å². The van der Waals surface area contributed by atoms with Crippen molar-refractivity contribution in [3.8, 4) is 11.3 Å². The highest BCUT2D eigenvalue weighted by atomic mass is 32.2. The van der Waals surface area contributed by atoms with Crippen molar-refractivity contribution in [2.24, 2.45) is 0 Å². The zero-order valence-electron chi connectivity index (χ0n) is 11.5. The van der Waals surface area contributed by atoms with E-state index in [0.717, 1.165) is 11.3 Å². The van der Waals surface area contributed by atoms with E-state index in [1.165, 1.54) is 18.4 Å². The molecule has 0 aliphatic carbocycles. The van der Waals surface area contributed by atoms with E-state index >= 15 is 0 Å². The van der Waals surface area contributed by atoms with Gasteiger partial charge in [0.2, 0.25) is 16.0 Å². The van der Waals surface area contributed by atoms with E-state index in [2.05, 4.69) is 15.3 Å². The number of hydrogen-bond donors (Lipinski definition) is 1. The first kappa shape index (κ1) is 14.4. The first-order chi connectivity index (χ1) is 9.45. The van der Waals surface area contributed by atoms with Crippen molar-refractivity contribution in [3.63, 3.8) is 0 Å². The Hall–Kier alpha value is -1.99. The Morgan fingerprint density at radius 2 is 1.75 bits per heavy atom. The molecule has 1 aromatic carbocycles. The monoisotopic (exact) mass is 292 g/mol. The number of rotatable bonds is 4. The molecule has 106 valence electrons. The van der Waals surface area contributed by atoms with Gasteiger partial charge in [-0.3, -0.25) is 0 Å². The van der Waals surface area contributed by atoms with Crippen molar-refractivity contribution in [2.45, 2.75) is 4.90 Å². The van der Waals surface area contributed by atoms with E-state index < -0.39 is 10.0 Å². The molecule has 2 rings (SSSR count). The van der Waals surface area contributed by atoms with E-state index in [9.17, 15) is 8.42 Å². The smallest absolute Gasteiger partial charge is 0.242 e. The van der Waals surface area contributed by atoms with Crippen LogP contribution in [0.2, 0.25) is 0 Å². The first-order valence-electron chi connectivity index (χ1n) is 5.99.